The van der Waals surface area contributed by atoms with E-state index < -0.39 is 0 Å². The van der Waals surface area contributed by atoms with Crippen molar-refractivity contribution in [2.75, 3.05) is 0 Å². The fourth-order valence-electron chi connectivity index (χ4n) is 7.87. The van der Waals surface area contributed by atoms with Crippen LogP contribution < -0.4 is 0 Å². The van der Waals surface area contributed by atoms with Crippen molar-refractivity contribution < 1.29 is 0 Å². The van der Waals surface area contributed by atoms with Crippen molar-refractivity contribution >= 4 is 63.0 Å². The Hall–Kier alpha value is -6.79. The van der Waals surface area contributed by atoms with Gasteiger partial charge in [0.05, 0.1) is 0 Å². The molecule has 0 amide bonds. The molecule has 262 valence electrons. The molecule has 0 aliphatic heterocycles. The lowest BCUT2D eigenvalue weighted by Gasteiger charge is -2.15. The van der Waals surface area contributed by atoms with Gasteiger partial charge in [0.1, 0.15) is 0 Å². The van der Waals surface area contributed by atoms with E-state index in [0.717, 1.165) is 27.8 Å². The van der Waals surface area contributed by atoms with E-state index in [0.29, 0.717) is 17.5 Å². The molecule has 3 nitrogen and oxygen atoms in total. The maximum Gasteiger partial charge on any atom is 0.164 e. The average molecular weight is 750 g/mol. The molecule has 0 aliphatic carbocycles. The lowest BCUT2D eigenvalue weighted by molar-refractivity contribution is 1.07. The highest BCUT2D eigenvalue weighted by molar-refractivity contribution is 7.26. The predicted molar refractivity (Wildman–Crippen MR) is 238 cm³/mol. The molecule has 0 aliphatic rings. The first-order valence-electron chi connectivity index (χ1n) is 18.7. The van der Waals surface area contributed by atoms with Crippen LogP contribution in [0.4, 0.5) is 0 Å². The number of benzene rings is 8. The molecule has 0 atom stereocenters. The van der Waals surface area contributed by atoms with Gasteiger partial charge in [0, 0.05) is 57.0 Å². The highest BCUT2D eigenvalue weighted by atomic mass is 32.1. The monoisotopic (exact) mass is 749 g/mol. The van der Waals surface area contributed by atoms with Crippen LogP contribution in [0, 0.1) is 0 Å². The van der Waals surface area contributed by atoms with E-state index in [1.807, 2.05) is 83.3 Å². The molecule has 0 saturated heterocycles. The Kier molecular flexibility index (Phi) is 7.87. The number of thiophene rings is 2. The van der Waals surface area contributed by atoms with E-state index in [1.54, 1.807) is 0 Å². The fraction of sp³-hybridized carbons (Fsp3) is 0. The van der Waals surface area contributed by atoms with Crippen LogP contribution in [0.5, 0.6) is 0 Å². The summed E-state index contributed by atoms with van der Waals surface area (Å²) in [6.45, 7) is 0. The van der Waals surface area contributed by atoms with Gasteiger partial charge in [0.15, 0.2) is 17.5 Å². The van der Waals surface area contributed by atoms with Crippen LogP contribution in [0.15, 0.2) is 188 Å². The first-order valence-corrected chi connectivity index (χ1v) is 20.3. The second-order valence-corrected chi connectivity index (χ2v) is 16.1. The molecule has 0 bridgehead atoms. The molecule has 0 saturated carbocycles. The molecular weight excluding hydrogens is 719 g/mol. The van der Waals surface area contributed by atoms with Crippen LogP contribution >= 0.6 is 22.7 Å². The molecule has 0 fully saturated rings. The molecule has 5 heteroatoms. The Labute approximate surface area is 331 Å². The molecule has 3 heterocycles. The zero-order valence-electron chi connectivity index (χ0n) is 30.1. The lowest BCUT2D eigenvalue weighted by Crippen LogP contribution is -2.00. The maximum absolute atomic E-state index is 5.03. The van der Waals surface area contributed by atoms with E-state index in [1.165, 1.54) is 62.6 Å². The minimum absolute atomic E-state index is 0.641. The van der Waals surface area contributed by atoms with Gasteiger partial charge in [-0.15, -0.1) is 22.7 Å². The quantitative estimate of drug-likeness (QED) is 0.170. The van der Waals surface area contributed by atoms with Gasteiger partial charge in [-0.2, -0.15) is 0 Å². The van der Waals surface area contributed by atoms with Crippen molar-refractivity contribution in [1.82, 2.24) is 15.0 Å². The zero-order valence-corrected chi connectivity index (χ0v) is 31.7. The smallest absolute Gasteiger partial charge is 0.164 e. The van der Waals surface area contributed by atoms with Crippen LogP contribution in [0.1, 0.15) is 0 Å². The molecule has 8 aromatic carbocycles. The summed E-state index contributed by atoms with van der Waals surface area (Å²) in [6.07, 6.45) is 0. The van der Waals surface area contributed by atoms with E-state index >= 15 is 0 Å². The second-order valence-electron chi connectivity index (χ2n) is 14.0. The molecule has 0 radical (unpaired) electrons. The number of aromatic nitrogens is 3. The van der Waals surface area contributed by atoms with Gasteiger partial charge < -0.3 is 0 Å². The van der Waals surface area contributed by atoms with Crippen LogP contribution in [0.25, 0.3) is 108 Å². The van der Waals surface area contributed by atoms with Gasteiger partial charge in [-0.3, -0.25) is 0 Å². The highest BCUT2D eigenvalue weighted by Gasteiger charge is 2.18. The molecule has 0 spiro atoms. The van der Waals surface area contributed by atoms with Crippen LogP contribution in [-0.4, -0.2) is 15.0 Å². The van der Waals surface area contributed by atoms with Gasteiger partial charge in [-0.1, -0.05) is 146 Å². The van der Waals surface area contributed by atoms with Crippen molar-refractivity contribution in [2.24, 2.45) is 0 Å². The molecular formula is C51H31N3S2. The van der Waals surface area contributed by atoms with Crippen LogP contribution in [0.3, 0.4) is 0 Å². The summed E-state index contributed by atoms with van der Waals surface area (Å²) in [5.74, 6) is 1.94. The van der Waals surface area contributed by atoms with Crippen LogP contribution in [-0.2, 0) is 0 Å². The standard InChI is InChI=1S/C51H31N3S2/c1-3-13-32(14-4-1)49-52-50(33-15-5-2-6-16-33)54-51(53-49)37-18-11-17-34(29-37)35-25-27-38(36-26-28-46-43(31-36)39-19-7-9-22-44(39)55-46)42(30-35)40-21-12-24-47-48(40)41-20-8-10-23-45(41)56-47/h1-31H. The van der Waals surface area contributed by atoms with Gasteiger partial charge in [-0.25, -0.2) is 15.0 Å². The molecule has 0 N–H and O–H groups in total. The summed E-state index contributed by atoms with van der Waals surface area (Å²) in [5, 5.41) is 5.19. The number of fused-ring (bicyclic) bond motifs is 6. The van der Waals surface area contributed by atoms with E-state index in [-0.39, 0.29) is 0 Å². The maximum atomic E-state index is 5.03. The topological polar surface area (TPSA) is 38.7 Å². The summed E-state index contributed by atoms with van der Waals surface area (Å²) >= 11 is 3.71. The zero-order chi connectivity index (χ0) is 37.0. The minimum atomic E-state index is 0.641. The van der Waals surface area contributed by atoms with Crippen molar-refractivity contribution in [3.05, 3.63) is 188 Å². The predicted octanol–water partition coefficient (Wildman–Crippen LogP) is 14.6. The van der Waals surface area contributed by atoms with Crippen molar-refractivity contribution in [3.8, 4) is 67.5 Å². The molecule has 11 rings (SSSR count). The fourth-order valence-corrected chi connectivity index (χ4v) is 10.1. The Morgan fingerprint density at radius 2 is 0.786 bits per heavy atom. The third-order valence-corrected chi connectivity index (χ3v) is 12.8. The van der Waals surface area contributed by atoms with Crippen molar-refractivity contribution in [3.63, 3.8) is 0 Å². The Morgan fingerprint density at radius 3 is 1.54 bits per heavy atom. The first kappa shape index (κ1) is 32.6. The lowest BCUT2D eigenvalue weighted by atomic mass is 9.88. The summed E-state index contributed by atoms with van der Waals surface area (Å²) in [7, 11) is 0. The molecule has 3 aromatic heterocycles. The normalized spacial score (nSPS) is 11.6. The summed E-state index contributed by atoms with van der Waals surface area (Å²) in [6, 6.07) is 67.0. The number of rotatable bonds is 6. The number of nitrogens with zero attached hydrogens (tertiary/aromatic N) is 3. The third kappa shape index (κ3) is 5.68. The SMILES string of the molecule is c1ccc(-c2nc(-c3ccccc3)nc(-c3cccc(-c4ccc(-c5ccc6sc7ccccc7c6c5)c(-c5cccc6sc7ccccc7c56)c4)c3)n2)cc1. The largest absolute Gasteiger partial charge is 0.208 e. The third-order valence-electron chi connectivity index (χ3n) is 10.6. The van der Waals surface area contributed by atoms with Gasteiger partial charge in [-0.05, 0) is 75.8 Å². The van der Waals surface area contributed by atoms with Gasteiger partial charge in [0.25, 0.3) is 0 Å². The van der Waals surface area contributed by atoms with E-state index in [2.05, 4.69) is 127 Å². The van der Waals surface area contributed by atoms with Gasteiger partial charge >= 0.3 is 0 Å². The summed E-state index contributed by atoms with van der Waals surface area (Å²) in [4.78, 5) is 15.0. The van der Waals surface area contributed by atoms with Crippen LogP contribution in [0.2, 0.25) is 0 Å². The van der Waals surface area contributed by atoms with E-state index in [9.17, 15) is 0 Å². The summed E-state index contributed by atoms with van der Waals surface area (Å²) in [5.41, 5.74) is 9.93. The second kappa shape index (κ2) is 13.5. The number of hydrogen-bond donors (Lipinski definition) is 0. The minimum Gasteiger partial charge on any atom is -0.208 e. The Bertz CT molecular complexity index is 3200. The van der Waals surface area contributed by atoms with Crippen molar-refractivity contribution in [1.29, 1.82) is 0 Å². The Balaban J connectivity index is 1.10. The van der Waals surface area contributed by atoms with Gasteiger partial charge in [0.2, 0.25) is 0 Å². The molecule has 11 aromatic rings. The molecule has 0 unspecified atom stereocenters. The average Bonchev–Trinajstić information content (AvgIpc) is 3.85. The summed E-state index contributed by atoms with van der Waals surface area (Å²) < 4.78 is 5.21. The first-order chi connectivity index (χ1) is 27.7. The highest BCUT2D eigenvalue weighted by Crippen LogP contribution is 2.45. The van der Waals surface area contributed by atoms with Crippen molar-refractivity contribution in [2.45, 2.75) is 0 Å². The number of hydrogen-bond acceptors (Lipinski definition) is 5. The van der Waals surface area contributed by atoms with E-state index in [4.69, 9.17) is 15.0 Å². The molecule has 56 heavy (non-hydrogen) atoms. The Morgan fingerprint density at radius 1 is 0.268 bits per heavy atom.